The van der Waals surface area contributed by atoms with Gasteiger partial charge in [0.05, 0.1) is 19.0 Å². The van der Waals surface area contributed by atoms with Crippen LogP contribution in [0.25, 0.3) is 11.3 Å². The van der Waals surface area contributed by atoms with E-state index in [2.05, 4.69) is 15.3 Å². The summed E-state index contributed by atoms with van der Waals surface area (Å²) in [6.45, 7) is 0. The van der Waals surface area contributed by atoms with Gasteiger partial charge in [0.15, 0.2) is 5.82 Å². The van der Waals surface area contributed by atoms with Gasteiger partial charge in [0.2, 0.25) is 5.95 Å². The molecule has 0 amide bonds. The lowest BCUT2D eigenvalue weighted by Gasteiger charge is -2.10. The van der Waals surface area contributed by atoms with Crippen LogP contribution in [-0.2, 0) is 0 Å². The van der Waals surface area contributed by atoms with Gasteiger partial charge in [0.25, 0.3) is 0 Å². The molecule has 4 nitrogen and oxygen atoms in total. The van der Waals surface area contributed by atoms with Crippen LogP contribution < -0.4 is 10.1 Å². The maximum absolute atomic E-state index is 14.0. The maximum atomic E-state index is 14.0. The van der Waals surface area contributed by atoms with Gasteiger partial charge in [-0.2, -0.15) is 0 Å². The molecule has 0 saturated carbocycles. The molecule has 0 radical (unpaired) electrons. The number of hydrogen-bond donors (Lipinski definition) is 1. The third-order valence-corrected chi connectivity index (χ3v) is 3.14. The number of rotatable bonds is 4. The van der Waals surface area contributed by atoms with E-state index >= 15 is 0 Å². The summed E-state index contributed by atoms with van der Waals surface area (Å²) in [5.74, 6) is 0.512. The van der Waals surface area contributed by atoms with Crippen molar-refractivity contribution in [3.63, 3.8) is 0 Å². The van der Waals surface area contributed by atoms with Crippen molar-refractivity contribution < 1.29 is 9.13 Å². The monoisotopic (exact) mass is 295 g/mol. The summed E-state index contributed by atoms with van der Waals surface area (Å²) in [5.41, 5.74) is 1.68. The first kappa shape index (κ1) is 14.0. The molecule has 0 aliphatic carbocycles. The van der Waals surface area contributed by atoms with Crippen molar-refractivity contribution in [1.29, 1.82) is 0 Å². The number of ether oxygens (including phenoxy) is 1. The van der Waals surface area contributed by atoms with Crippen molar-refractivity contribution in [3.8, 4) is 17.0 Å². The maximum Gasteiger partial charge on any atom is 0.228 e. The predicted molar refractivity (Wildman–Crippen MR) is 83.7 cm³/mol. The SMILES string of the molecule is COc1ccccc1Nc1ncc(F)c(-c2ccccc2)n1. The first-order valence-electron chi connectivity index (χ1n) is 6.76. The molecule has 0 unspecified atom stereocenters. The quantitative estimate of drug-likeness (QED) is 0.789. The Bertz CT molecular complexity index is 778. The first-order chi connectivity index (χ1) is 10.8. The number of nitrogens with one attached hydrogen (secondary N) is 1. The third-order valence-electron chi connectivity index (χ3n) is 3.14. The van der Waals surface area contributed by atoms with Crippen molar-refractivity contribution in [1.82, 2.24) is 9.97 Å². The molecule has 5 heteroatoms. The predicted octanol–water partition coefficient (Wildman–Crippen LogP) is 4.03. The zero-order valence-electron chi connectivity index (χ0n) is 12.0. The number of nitrogens with zero attached hydrogens (tertiary/aromatic N) is 2. The molecule has 0 fully saturated rings. The van der Waals surface area contributed by atoms with E-state index in [1.807, 2.05) is 42.5 Å². The zero-order valence-corrected chi connectivity index (χ0v) is 12.0. The summed E-state index contributed by atoms with van der Waals surface area (Å²) in [4.78, 5) is 8.24. The Morgan fingerprint density at radius 2 is 1.73 bits per heavy atom. The molecule has 1 aromatic heterocycles. The van der Waals surface area contributed by atoms with E-state index in [1.165, 1.54) is 0 Å². The summed E-state index contributed by atoms with van der Waals surface area (Å²) in [6.07, 6.45) is 1.16. The minimum Gasteiger partial charge on any atom is -0.495 e. The average Bonchev–Trinajstić information content (AvgIpc) is 2.58. The highest BCUT2D eigenvalue weighted by atomic mass is 19.1. The Kier molecular flexibility index (Phi) is 3.96. The van der Waals surface area contributed by atoms with Gasteiger partial charge >= 0.3 is 0 Å². The zero-order chi connectivity index (χ0) is 15.4. The van der Waals surface area contributed by atoms with Gasteiger partial charge in [-0.05, 0) is 12.1 Å². The molecular weight excluding hydrogens is 281 g/mol. The molecule has 1 N–H and O–H groups in total. The molecule has 2 aromatic carbocycles. The minimum atomic E-state index is -0.461. The minimum absolute atomic E-state index is 0.257. The van der Waals surface area contributed by atoms with Crippen LogP contribution in [0.5, 0.6) is 5.75 Å². The number of aromatic nitrogens is 2. The first-order valence-corrected chi connectivity index (χ1v) is 6.76. The molecule has 3 rings (SSSR count). The van der Waals surface area contributed by atoms with Gasteiger partial charge in [-0.15, -0.1) is 0 Å². The van der Waals surface area contributed by atoms with Gasteiger partial charge in [-0.25, -0.2) is 14.4 Å². The van der Waals surface area contributed by atoms with Crippen molar-refractivity contribution in [2.75, 3.05) is 12.4 Å². The Morgan fingerprint density at radius 3 is 2.50 bits per heavy atom. The Hall–Kier alpha value is -2.95. The highest BCUT2D eigenvalue weighted by molar-refractivity contribution is 5.65. The highest BCUT2D eigenvalue weighted by Gasteiger charge is 2.10. The normalized spacial score (nSPS) is 10.3. The second-order valence-corrected chi connectivity index (χ2v) is 4.58. The summed E-state index contributed by atoms with van der Waals surface area (Å²) in [7, 11) is 1.58. The van der Waals surface area contributed by atoms with Crippen LogP contribution in [0.4, 0.5) is 16.0 Å². The van der Waals surface area contributed by atoms with E-state index in [0.717, 1.165) is 11.9 Å². The largest absolute Gasteiger partial charge is 0.495 e. The van der Waals surface area contributed by atoms with Crippen molar-refractivity contribution in [2.24, 2.45) is 0 Å². The van der Waals surface area contributed by atoms with Crippen molar-refractivity contribution in [2.45, 2.75) is 0 Å². The summed E-state index contributed by atoms with van der Waals surface area (Å²) < 4.78 is 19.2. The number of halogens is 1. The van der Waals surface area contributed by atoms with Crippen LogP contribution in [0.1, 0.15) is 0 Å². The van der Waals surface area contributed by atoms with Gasteiger partial charge < -0.3 is 10.1 Å². The topological polar surface area (TPSA) is 47.0 Å². The molecule has 0 aliphatic heterocycles. The molecule has 0 atom stereocenters. The Labute approximate surface area is 127 Å². The van der Waals surface area contributed by atoms with Gasteiger partial charge in [-0.3, -0.25) is 0 Å². The van der Waals surface area contributed by atoms with Crippen LogP contribution in [0.15, 0.2) is 60.8 Å². The van der Waals surface area contributed by atoms with E-state index in [4.69, 9.17) is 4.74 Å². The summed E-state index contributed by atoms with van der Waals surface area (Å²) >= 11 is 0. The standard InChI is InChI=1S/C17H14FN3O/c1-22-15-10-6-5-9-14(15)20-17-19-11-13(18)16(21-17)12-7-3-2-4-8-12/h2-11H,1H3,(H,19,20,21). The lowest BCUT2D eigenvalue weighted by atomic mass is 10.1. The van der Waals surface area contributed by atoms with Gasteiger partial charge in [0, 0.05) is 5.56 Å². The lowest BCUT2D eigenvalue weighted by molar-refractivity contribution is 0.417. The van der Waals surface area contributed by atoms with Gasteiger partial charge in [0.1, 0.15) is 11.4 Å². The molecule has 3 aromatic rings. The molecule has 1 heterocycles. The molecule has 0 bridgehead atoms. The fourth-order valence-electron chi connectivity index (χ4n) is 2.09. The average molecular weight is 295 g/mol. The van der Waals surface area contributed by atoms with Crippen molar-refractivity contribution in [3.05, 3.63) is 66.6 Å². The van der Waals surface area contributed by atoms with E-state index in [-0.39, 0.29) is 5.69 Å². The Balaban J connectivity index is 1.96. The van der Waals surface area contributed by atoms with Gasteiger partial charge in [-0.1, -0.05) is 42.5 Å². The lowest BCUT2D eigenvalue weighted by Crippen LogP contribution is -2.01. The fraction of sp³-hybridized carbons (Fsp3) is 0.0588. The Morgan fingerprint density at radius 1 is 1.00 bits per heavy atom. The molecule has 0 spiro atoms. The van der Waals surface area contributed by atoms with Crippen LogP contribution >= 0.6 is 0 Å². The molecule has 0 aliphatic rings. The molecular formula is C17H14FN3O. The molecule has 22 heavy (non-hydrogen) atoms. The van der Waals surface area contributed by atoms with E-state index in [1.54, 1.807) is 19.2 Å². The number of para-hydroxylation sites is 2. The number of benzene rings is 2. The van der Waals surface area contributed by atoms with E-state index in [9.17, 15) is 4.39 Å². The molecule has 0 saturated heterocycles. The summed E-state index contributed by atoms with van der Waals surface area (Å²) in [5, 5.41) is 3.05. The van der Waals surface area contributed by atoms with Crippen LogP contribution in [0, 0.1) is 5.82 Å². The van der Waals surface area contributed by atoms with Crippen LogP contribution in [0.3, 0.4) is 0 Å². The van der Waals surface area contributed by atoms with E-state index in [0.29, 0.717) is 17.3 Å². The van der Waals surface area contributed by atoms with E-state index < -0.39 is 5.82 Å². The van der Waals surface area contributed by atoms with Crippen LogP contribution in [0.2, 0.25) is 0 Å². The number of methoxy groups -OCH3 is 1. The smallest absolute Gasteiger partial charge is 0.228 e. The van der Waals surface area contributed by atoms with Crippen molar-refractivity contribution >= 4 is 11.6 Å². The molecule has 110 valence electrons. The summed E-state index contributed by atoms with van der Waals surface area (Å²) in [6, 6.07) is 16.6. The third kappa shape index (κ3) is 2.88. The van der Waals surface area contributed by atoms with Crippen LogP contribution in [-0.4, -0.2) is 17.1 Å². The number of anilines is 2. The second-order valence-electron chi connectivity index (χ2n) is 4.58. The number of hydrogen-bond acceptors (Lipinski definition) is 4. The highest BCUT2D eigenvalue weighted by Crippen LogP contribution is 2.27. The fourth-order valence-corrected chi connectivity index (χ4v) is 2.09. The second kappa shape index (κ2) is 6.22.